The van der Waals surface area contributed by atoms with Gasteiger partial charge in [-0.25, -0.2) is 14.4 Å². The Balaban J connectivity index is 1.57. The normalized spacial score (nSPS) is 14.6. The number of ether oxygens (including phenoxy) is 2. The summed E-state index contributed by atoms with van der Waals surface area (Å²) < 4.78 is 24.4. The molecule has 0 saturated carbocycles. The first-order valence-corrected chi connectivity index (χ1v) is 8.80. The molecule has 28 heavy (non-hydrogen) atoms. The second-order valence-electron chi connectivity index (χ2n) is 6.40. The summed E-state index contributed by atoms with van der Waals surface area (Å²) in [5.41, 5.74) is 2.36. The Bertz CT molecular complexity index is 808. The van der Waals surface area contributed by atoms with Crippen LogP contribution in [-0.4, -0.2) is 67.4 Å². The Labute approximate surface area is 162 Å². The molecule has 1 aromatic carbocycles. The molecule has 3 rings (SSSR count). The third kappa shape index (κ3) is 4.80. The summed E-state index contributed by atoms with van der Waals surface area (Å²) in [6.45, 7) is 1.57. The van der Waals surface area contributed by atoms with Crippen LogP contribution in [0.3, 0.4) is 0 Å². The summed E-state index contributed by atoms with van der Waals surface area (Å²) in [6.07, 6.45) is 2.50. The lowest BCUT2D eigenvalue weighted by Crippen LogP contribution is -2.48. The van der Waals surface area contributed by atoms with Crippen LogP contribution >= 0.6 is 0 Å². The van der Waals surface area contributed by atoms with Gasteiger partial charge in [-0.05, 0) is 0 Å². The van der Waals surface area contributed by atoms with Gasteiger partial charge in [-0.3, -0.25) is 0 Å². The maximum atomic E-state index is 14.6. The lowest BCUT2D eigenvalue weighted by atomic mass is 10.1. The van der Waals surface area contributed by atoms with Crippen molar-refractivity contribution < 1.29 is 23.8 Å². The predicted octanol–water partition coefficient (Wildman–Crippen LogP) is 1.63. The van der Waals surface area contributed by atoms with Crippen LogP contribution in [0.25, 0.3) is 11.1 Å². The third-order valence-electron chi connectivity index (χ3n) is 4.18. The number of aliphatic hydroxyl groups excluding tert-OH is 1. The maximum Gasteiger partial charge on any atom is 0.225 e. The number of rotatable bonds is 9. The zero-order valence-electron chi connectivity index (χ0n) is 15.8. The van der Waals surface area contributed by atoms with E-state index in [1.807, 2.05) is 4.90 Å². The average Bonchev–Trinajstić information content (AvgIpc) is 2.66. The first-order valence-electron chi connectivity index (χ1n) is 8.80. The highest BCUT2D eigenvalue weighted by atomic mass is 19.1. The first kappa shape index (κ1) is 20.1. The van der Waals surface area contributed by atoms with E-state index in [0.29, 0.717) is 35.7 Å². The van der Waals surface area contributed by atoms with Gasteiger partial charge in [-0.1, -0.05) is 23.4 Å². The van der Waals surface area contributed by atoms with Crippen LogP contribution in [0.15, 0.2) is 35.7 Å². The van der Waals surface area contributed by atoms with Crippen molar-refractivity contribution in [3.05, 3.63) is 42.0 Å². The van der Waals surface area contributed by atoms with Crippen LogP contribution < -0.4 is 4.90 Å². The van der Waals surface area contributed by atoms with Crippen molar-refractivity contribution in [2.75, 3.05) is 45.4 Å². The molecule has 9 heteroatoms. The lowest BCUT2D eigenvalue weighted by molar-refractivity contribution is -0.00476. The van der Waals surface area contributed by atoms with Gasteiger partial charge in [0.05, 0.1) is 32.0 Å². The minimum atomic E-state index is -0.704. The zero-order valence-corrected chi connectivity index (χ0v) is 15.8. The molecular formula is C19H23FN4O4. The standard InChI is InChI=1S/C19H23FN4O4/c1-26-10-13-4-3-5-17(18(13)20)14-6-21-19(22-7-14)24-8-15(9-24)23-28-12-16(25)11-27-2/h3-7,16,25H,8-12H2,1-2H3. The van der Waals surface area contributed by atoms with Gasteiger partial charge in [-0.15, -0.1) is 0 Å². The van der Waals surface area contributed by atoms with Crippen LogP contribution in [0.5, 0.6) is 0 Å². The molecule has 0 spiro atoms. The molecule has 1 N–H and O–H groups in total. The predicted molar refractivity (Wildman–Crippen MR) is 102 cm³/mol. The van der Waals surface area contributed by atoms with E-state index in [9.17, 15) is 9.50 Å². The minimum absolute atomic E-state index is 0.0796. The topological polar surface area (TPSA) is 89.3 Å². The van der Waals surface area contributed by atoms with Crippen LogP contribution in [0.4, 0.5) is 10.3 Å². The van der Waals surface area contributed by atoms with Crippen molar-refractivity contribution in [3.63, 3.8) is 0 Å². The van der Waals surface area contributed by atoms with Crippen molar-refractivity contribution in [1.29, 1.82) is 0 Å². The molecular weight excluding hydrogens is 367 g/mol. The molecule has 0 amide bonds. The molecule has 8 nitrogen and oxygen atoms in total. The highest BCUT2D eigenvalue weighted by Crippen LogP contribution is 2.25. The summed E-state index contributed by atoms with van der Waals surface area (Å²) in [5, 5.41) is 13.5. The molecule has 0 radical (unpaired) electrons. The van der Waals surface area contributed by atoms with E-state index >= 15 is 0 Å². The van der Waals surface area contributed by atoms with Gasteiger partial charge in [0.25, 0.3) is 0 Å². The van der Waals surface area contributed by atoms with E-state index in [-0.39, 0.29) is 25.6 Å². The number of halogens is 1. The van der Waals surface area contributed by atoms with Gasteiger partial charge in [0.1, 0.15) is 18.5 Å². The first-order chi connectivity index (χ1) is 13.6. The quantitative estimate of drug-likeness (QED) is 0.651. The van der Waals surface area contributed by atoms with Crippen LogP contribution in [-0.2, 0) is 20.9 Å². The minimum Gasteiger partial charge on any atom is -0.393 e. The van der Waals surface area contributed by atoms with E-state index in [0.717, 1.165) is 5.71 Å². The zero-order chi connectivity index (χ0) is 19.9. The summed E-state index contributed by atoms with van der Waals surface area (Å²) in [5.74, 6) is 0.211. The van der Waals surface area contributed by atoms with Crippen LogP contribution in [0, 0.1) is 5.82 Å². The lowest BCUT2D eigenvalue weighted by Gasteiger charge is -2.31. The van der Waals surface area contributed by atoms with Gasteiger partial charge in [0, 0.05) is 43.3 Å². The molecule has 1 saturated heterocycles. The van der Waals surface area contributed by atoms with Gasteiger partial charge in [0.15, 0.2) is 0 Å². The monoisotopic (exact) mass is 390 g/mol. The van der Waals surface area contributed by atoms with Crippen LogP contribution in [0.2, 0.25) is 0 Å². The molecule has 1 aromatic heterocycles. The SMILES string of the molecule is COCc1cccc(-c2cnc(N3CC(=NOCC(O)COC)C3)nc2)c1F. The van der Waals surface area contributed by atoms with Gasteiger partial charge in [0.2, 0.25) is 5.95 Å². The van der Waals surface area contributed by atoms with E-state index in [1.54, 1.807) is 30.6 Å². The number of anilines is 1. The number of aromatic nitrogens is 2. The van der Waals surface area contributed by atoms with Crippen molar-refractivity contribution in [1.82, 2.24) is 9.97 Å². The highest BCUT2D eigenvalue weighted by Gasteiger charge is 2.25. The molecule has 1 atom stereocenters. The van der Waals surface area contributed by atoms with Gasteiger partial charge >= 0.3 is 0 Å². The largest absolute Gasteiger partial charge is 0.393 e. The molecule has 2 heterocycles. The second kappa shape index (κ2) is 9.54. The van der Waals surface area contributed by atoms with Gasteiger partial charge in [-0.2, -0.15) is 0 Å². The Morgan fingerprint density at radius 1 is 1.18 bits per heavy atom. The molecule has 1 aliphatic rings. The molecule has 150 valence electrons. The molecule has 0 aliphatic carbocycles. The Morgan fingerprint density at radius 2 is 1.93 bits per heavy atom. The summed E-state index contributed by atoms with van der Waals surface area (Å²) >= 11 is 0. The summed E-state index contributed by atoms with van der Waals surface area (Å²) in [6, 6.07) is 5.16. The smallest absolute Gasteiger partial charge is 0.225 e. The summed E-state index contributed by atoms with van der Waals surface area (Å²) in [7, 11) is 3.04. The fourth-order valence-corrected chi connectivity index (χ4v) is 2.74. The van der Waals surface area contributed by atoms with Crippen molar-refractivity contribution in [3.8, 4) is 11.1 Å². The summed E-state index contributed by atoms with van der Waals surface area (Å²) in [4.78, 5) is 15.7. The van der Waals surface area contributed by atoms with E-state index in [4.69, 9.17) is 14.3 Å². The molecule has 0 bridgehead atoms. The van der Waals surface area contributed by atoms with E-state index < -0.39 is 6.10 Å². The van der Waals surface area contributed by atoms with Gasteiger partial charge < -0.3 is 24.3 Å². The number of hydrogen-bond donors (Lipinski definition) is 1. The Hall–Kier alpha value is -2.62. The number of methoxy groups -OCH3 is 2. The van der Waals surface area contributed by atoms with E-state index in [2.05, 4.69) is 15.1 Å². The third-order valence-corrected chi connectivity index (χ3v) is 4.18. The van der Waals surface area contributed by atoms with Crippen molar-refractivity contribution in [2.24, 2.45) is 5.16 Å². The molecule has 2 aromatic rings. The Kier molecular flexibility index (Phi) is 6.85. The number of aliphatic hydroxyl groups is 1. The fraction of sp³-hybridized carbons (Fsp3) is 0.421. The van der Waals surface area contributed by atoms with Crippen LogP contribution in [0.1, 0.15) is 5.56 Å². The molecule has 1 aliphatic heterocycles. The Morgan fingerprint density at radius 3 is 2.61 bits per heavy atom. The number of hydrogen-bond acceptors (Lipinski definition) is 8. The average molecular weight is 390 g/mol. The highest BCUT2D eigenvalue weighted by molar-refractivity contribution is 5.98. The fourth-order valence-electron chi connectivity index (χ4n) is 2.74. The van der Waals surface area contributed by atoms with Crippen molar-refractivity contribution in [2.45, 2.75) is 12.7 Å². The van der Waals surface area contributed by atoms with E-state index in [1.165, 1.54) is 14.2 Å². The van der Waals surface area contributed by atoms with Crippen molar-refractivity contribution >= 4 is 11.7 Å². The second-order valence-corrected chi connectivity index (χ2v) is 6.40. The maximum absolute atomic E-state index is 14.6. The number of benzene rings is 1. The number of oxime groups is 1. The molecule has 1 unspecified atom stereocenters. The number of nitrogens with zero attached hydrogens (tertiary/aromatic N) is 4. The molecule has 1 fully saturated rings.